The highest BCUT2D eigenvalue weighted by Crippen LogP contribution is 2.34. The van der Waals surface area contributed by atoms with E-state index in [4.69, 9.17) is 0 Å². The highest BCUT2D eigenvalue weighted by atomic mass is 19.4. The molecule has 4 rings (SSSR count). The molecule has 0 amide bonds. The standard InChI is InChI=1S/C18H14F3N7/c19-18(20,21)14-10-24-17(26-12-5-4-11-8-25-28-15(11)7-12)27-16(14)23-9-13-3-1-2-6-22-13/h1-8,10H,9H2,(H,25,28)(H2,23,24,26,27). The van der Waals surface area contributed by atoms with Gasteiger partial charge in [0.2, 0.25) is 5.95 Å². The number of rotatable bonds is 5. The van der Waals surface area contributed by atoms with Crippen LogP contribution in [0.4, 0.5) is 30.6 Å². The van der Waals surface area contributed by atoms with Crippen molar-refractivity contribution in [1.29, 1.82) is 0 Å². The number of aromatic amines is 1. The molecular formula is C18H14F3N7. The first-order chi connectivity index (χ1) is 13.5. The first-order valence-corrected chi connectivity index (χ1v) is 8.27. The smallest absolute Gasteiger partial charge is 0.364 e. The highest BCUT2D eigenvalue weighted by Gasteiger charge is 2.35. The van der Waals surface area contributed by atoms with Crippen molar-refractivity contribution in [3.63, 3.8) is 0 Å². The first-order valence-electron chi connectivity index (χ1n) is 8.27. The van der Waals surface area contributed by atoms with Crippen molar-refractivity contribution in [3.8, 4) is 0 Å². The Morgan fingerprint density at radius 2 is 1.93 bits per heavy atom. The lowest BCUT2D eigenvalue weighted by molar-refractivity contribution is -0.137. The maximum Gasteiger partial charge on any atom is 0.421 e. The highest BCUT2D eigenvalue weighted by molar-refractivity contribution is 5.82. The number of aromatic nitrogens is 5. The van der Waals surface area contributed by atoms with Crippen LogP contribution in [0.25, 0.3) is 10.9 Å². The summed E-state index contributed by atoms with van der Waals surface area (Å²) in [6, 6.07) is 10.6. The molecule has 0 unspecified atom stereocenters. The summed E-state index contributed by atoms with van der Waals surface area (Å²) in [6.45, 7) is 0.0977. The third-order valence-corrected chi connectivity index (χ3v) is 3.96. The largest absolute Gasteiger partial charge is 0.421 e. The first kappa shape index (κ1) is 17.7. The molecule has 0 saturated carbocycles. The fourth-order valence-electron chi connectivity index (χ4n) is 2.61. The molecule has 4 aromatic rings. The minimum absolute atomic E-state index is 0.0374. The fraction of sp³-hybridized carbons (Fsp3) is 0.111. The number of hydrogen-bond donors (Lipinski definition) is 3. The SMILES string of the molecule is FC(F)(F)c1cnc(Nc2ccc3cn[nH]c3c2)nc1NCc1ccccn1. The van der Waals surface area contributed by atoms with E-state index in [-0.39, 0.29) is 18.3 Å². The molecule has 0 bridgehead atoms. The van der Waals surface area contributed by atoms with Gasteiger partial charge in [-0.3, -0.25) is 10.1 Å². The summed E-state index contributed by atoms with van der Waals surface area (Å²) in [7, 11) is 0. The number of nitrogens with one attached hydrogen (secondary N) is 3. The average Bonchev–Trinajstić information content (AvgIpc) is 3.14. The molecule has 142 valence electrons. The van der Waals surface area contributed by atoms with E-state index in [1.54, 1.807) is 42.7 Å². The van der Waals surface area contributed by atoms with Crippen LogP contribution in [0.15, 0.2) is 55.0 Å². The molecule has 0 aliphatic heterocycles. The van der Waals surface area contributed by atoms with Crippen molar-refractivity contribution in [2.24, 2.45) is 0 Å². The Bertz CT molecular complexity index is 1090. The van der Waals surface area contributed by atoms with Crippen LogP contribution in [0.1, 0.15) is 11.3 Å². The third kappa shape index (κ3) is 3.85. The average molecular weight is 385 g/mol. The van der Waals surface area contributed by atoms with Crippen LogP contribution < -0.4 is 10.6 Å². The molecule has 3 heterocycles. The predicted octanol–water partition coefficient (Wildman–Crippen LogP) is 4.12. The molecular weight excluding hydrogens is 371 g/mol. The molecule has 7 nitrogen and oxygen atoms in total. The van der Waals surface area contributed by atoms with Crippen molar-refractivity contribution in [2.75, 3.05) is 10.6 Å². The predicted molar refractivity (Wildman–Crippen MR) is 98.0 cm³/mol. The van der Waals surface area contributed by atoms with Crippen molar-refractivity contribution in [3.05, 3.63) is 66.2 Å². The molecule has 0 radical (unpaired) electrons. The van der Waals surface area contributed by atoms with Crippen LogP contribution in [0.3, 0.4) is 0 Å². The maximum absolute atomic E-state index is 13.3. The van der Waals surface area contributed by atoms with Crippen LogP contribution in [0.2, 0.25) is 0 Å². The number of pyridine rings is 1. The van der Waals surface area contributed by atoms with Gasteiger partial charge in [0, 0.05) is 23.5 Å². The molecule has 3 aromatic heterocycles. The van der Waals surface area contributed by atoms with Gasteiger partial charge in [-0.1, -0.05) is 6.07 Å². The van der Waals surface area contributed by atoms with Gasteiger partial charge in [0.05, 0.1) is 24.0 Å². The molecule has 3 N–H and O–H groups in total. The fourth-order valence-corrected chi connectivity index (χ4v) is 2.61. The molecule has 1 aromatic carbocycles. The van der Waals surface area contributed by atoms with Gasteiger partial charge in [-0.2, -0.15) is 23.3 Å². The van der Waals surface area contributed by atoms with Gasteiger partial charge in [0.25, 0.3) is 0 Å². The van der Waals surface area contributed by atoms with Gasteiger partial charge in [0.15, 0.2) is 0 Å². The lowest BCUT2D eigenvalue weighted by Crippen LogP contribution is -2.14. The minimum Gasteiger partial charge on any atom is -0.364 e. The van der Waals surface area contributed by atoms with Gasteiger partial charge in [-0.15, -0.1) is 0 Å². The summed E-state index contributed by atoms with van der Waals surface area (Å²) >= 11 is 0. The van der Waals surface area contributed by atoms with E-state index in [0.717, 1.165) is 17.1 Å². The van der Waals surface area contributed by atoms with E-state index in [1.807, 2.05) is 6.07 Å². The Labute approximate surface area is 157 Å². The van der Waals surface area contributed by atoms with Gasteiger partial charge in [-0.25, -0.2) is 4.98 Å². The normalized spacial score (nSPS) is 11.5. The van der Waals surface area contributed by atoms with E-state index < -0.39 is 11.7 Å². The van der Waals surface area contributed by atoms with Crippen LogP contribution in [0, 0.1) is 0 Å². The summed E-state index contributed by atoms with van der Waals surface area (Å²) in [5.74, 6) is -0.284. The minimum atomic E-state index is -4.58. The summed E-state index contributed by atoms with van der Waals surface area (Å²) in [5.41, 5.74) is 1.05. The second kappa shape index (κ2) is 7.14. The lowest BCUT2D eigenvalue weighted by Gasteiger charge is -2.14. The Morgan fingerprint density at radius 1 is 1.04 bits per heavy atom. The number of hydrogen-bond acceptors (Lipinski definition) is 6. The number of anilines is 3. The number of benzene rings is 1. The van der Waals surface area contributed by atoms with Gasteiger partial charge < -0.3 is 10.6 Å². The van der Waals surface area contributed by atoms with Crippen molar-refractivity contribution >= 4 is 28.4 Å². The van der Waals surface area contributed by atoms with E-state index in [0.29, 0.717) is 11.4 Å². The number of H-pyrrole nitrogens is 1. The summed E-state index contributed by atoms with van der Waals surface area (Å²) in [6.07, 6.45) is -0.585. The van der Waals surface area contributed by atoms with E-state index in [1.165, 1.54) is 0 Å². The molecule has 28 heavy (non-hydrogen) atoms. The second-order valence-electron chi connectivity index (χ2n) is 5.93. The quantitative estimate of drug-likeness (QED) is 0.479. The Balaban J connectivity index is 1.60. The number of nitrogens with zero attached hydrogens (tertiary/aromatic N) is 4. The topological polar surface area (TPSA) is 91.4 Å². The number of halogens is 3. The van der Waals surface area contributed by atoms with E-state index in [9.17, 15) is 13.2 Å². The third-order valence-electron chi connectivity index (χ3n) is 3.96. The van der Waals surface area contributed by atoms with Crippen molar-refractivity contribution in [2.45, 2.75) is 12.7 Å². The van der Waals surface area contributed by atoms with Crippen LogP contribution >= 0.6 is 0 Å². The Morgan fingerprint density at radius 3 is 2.71 bits per heavy atom. The monoisotopic (exact) mass is 385 g/mol. The number of alkyl halides is 3. The summed E-state index contributed by atoms with van der Waals surface area (Å²) < 4.78 is 39.9. The van der Waals surface area contributed by atoms with Gasteiger partial charge >= 0.3 is 6.18 Å². The molecule has 0 aliphatic carbocycles. The van der Waals surface area contributed by atoms with Gasteiger partial charge in [-0.05, 0) is 30.3 Å². The van der Waals surface area contributed by atoms with Crippen molar-refractivity contribution in [1.82, 2.24) is 25.1 Å². The Kier molecular flexibility index (Phi) is 4.52. The lowest BCUT2D eigenvalue weighted by atomic mass is 10.2. The molecule has 0 atom stereocenters. The van der Waals surface area contributed by atoms with Crippen LogP contribution in [-0.4, -0.2) is 25.1 Å². The zero-order chi connectivity index (χ0) is 19.6. The molecule has 10 heteroatoms. The molecule has 0 spiro atoms. The molecule has 0 aliphatic rings. The zero-order valence-corrected chi connectivity index (χ0v) is 14.3. The van der Waals surface area contributed by atoms with E-state index >= 15 is 0 Å². The number of fused-ring (bicyclic) bond motifs is 1. The van der Waals surface area contributed by atoms with Gasteiger partial charge in [0.1, 0.15) is 11.4 Å². The zero-order valence-electron chi connectivity index (χ0n) is 14.3. The summed E-state index contributed by atoms with van der Waals surface area (Å²) in [4.78, 5) is 11.9. The molecule has 0 saturated heterocycles. The van der Waals surface area contributed by atoms with Crippen molar-refractivity contribution < 1.29 is 13.2 Å². The van der Waals surface area contributed by atoms with Crippen LogP contribution in [0.5, 0.6) is 0 Å². The maximum atomic E-state index is 13.3. The summed E-state index contributed by atoms with van der Waals surface area (Å²) in [5, 5.41) is 13.3. The van der Waals surface area contributed by atoms with Crippen LogP contribution in [-0.2, 0) is 12.7 Å². The molecule has 0 fully saturated rings. The van der Waals surface area contributed by atoms with E-state index in [2.05, 4.69) is 35.8 Å². The Hall–Kier alpha value is -3.69. The second-order valence-corrected chi connectivity index (χ2v) is 5.93.